The number of esters is 1. The zero-order valence-corrected chi connectivity index (χ0v) is 17.6. The molecule has 1 aromatic heterocycles. The van der Waals surface area contributed by atoms with Crippen LogP contribution in [0.2, 0.25) is 5.02 Å². The van der Waals surface area contributed by atoms with Gasteiger partial charge < -0.3 is 14.6 Å². The molecule has 1 saturated heterocycles. The number of methoxy groups -OCH3 is 1. The van der Waals surface area contributed by atoms with Crippen LogP contribution >= 0.6 is 11.6 Å². The van der Waals surface area contributed by atoms with Gasteiger partial charge in [-0.3, -0.25) is 4.90 Å². The number of carbonyl (C=O) groups is 1. The van der Waals surface area contributed by atoms with Gasteiger partial charge in [0.05, 0.1) is 7.11 Å². The Labute approximate surface area is 180 Å². The molecule has 0 bridgehead atoms. The van der Waals surface area contributed by atoms with Gasteiger partial charge in [0.25, 0.3) is 0 Å². The molecule has 2 aromatic carbocycles. The zero-order valence-electron chi connectivity index (χ0n) is 16.8. The molecule has 30 heavy (non-hydrogen) atoms. The Hall–Kier alpha value is -2.83. The van der Waals surface area contributed by atoms with E-state index in [2.05, 4.69) is 39.6 Å². The predicted octanol–water partition coefficient (Wildman–Crippen LogP) is 4.86. The third kappa shape index (κ3) is 4.66. The second-order valence-electron chi connectivity index (χ2n) is 7.41. The molecule has 3 aromatic rings. The Balaban J connectivity index is 1.44. The number of hydrogen-bond acceptors (Lipinski definition) is 6. The largest absolute Gasteiger partial charge is 0.465 e. The summed E-state index contributed by atoms with van der Waals surface area (Å²) in [6, 6.07) is 17.8. The van der Waals surface area contributed by atoms with Crippen molar-refractivity contribution in [2.45, 2.75) is 25.4 Å². The molecule has 0 aliphatic carbocycles. The van der Waals surface area contributed by atoms with Crippen molar-refractivity contribution in [3.05, 3.63) is 70.7 Å². The number of benzene rings is 2. The van der Waals surface area contributed by atoms with E-state index >= 15 is 0 Å². The molecule has 0 unspecified atom stereocenters. The first-order valence-electron chi connectivity index (χ1n) is 10.0. The summed E-state index contributed by atoms with van der Waals surface area (Å²) in [5, 5.41) is 8.11. The first kappa shape index (κ1) is 20.4. The highest BCUT2D eigenvalue weighted by atomic mass is 35.5. The summed E-state index contributed by atoms with van der Waals surface area (Å²) >= 11 is 5.97. The van der Waals surface area contributed by atoms with E-state index in [1.165, 1.54) is 12.7 Å². The SMILES string of the molecule is COC(=O)c1c(-c2ccc(Cl)cc2)noc1NC1CCN(Cc2ccccc2)CC1. The van der Waals surface area contributed by atoms with Crippen molar-refractivity contribution in [2.24, 2.45) is 0 Å². The molecule has 0 radical (unpaired) electrons. The molecular formula is C23H24ClN3O3. The molecule has 0 amide bonds. The lowest BCUT2D eigenvalue weighted by molar-refractivity contribution is 0.0602. The number of nitrogens with one attached hydrogen (secondary N) is 1. The Kier molecular flexibility index (Phi) is 6.35. The van der Waals surface area contributed by atoms with Gasteiger partial charge in [-0.15, -0.1) is 0 Å². The van der Waals surface area contributed by atoms with E-state index < -0.39 is 5.97 Å². The fourth-order valence-corrected chi connectivity index (χ4v) is 3.87. The van der Waals surface area contributed by atoms with Crippen LogP contribution in [-0.2, 0) is 11.3 Å². The Bertz CT molecular complexity index is 981. The van der Waals surface area contributed by atoms with E-state index in [4.69, 9.17) is 20.9 Å². The number of halogens is 1. The lowest BCUT2D eigenvalue weighted by Gasteiger charge is -2.32. The molecule has 0 spiro atoms. The predicted molar refractivity (Wildman–Crippen MR) is 117 cm³/mol. The van der Waals surface area contributed by atoms with Gasteiger partial charge >= 0.3 is 5.97 Å². The molecule has 1 aliphatic heterocycles. The monoisotopic (exact) mass is 425 g/mol. The van der Waals surface area contributed by atoms with E-state index in [9.17, 15) is 4.79 Å². The zero-order chi connectivity index (χ0) is 20.9. The first-order valence-corrected chi connectivity index (χ1v) is 10.4. The van der Waals surface area contributed by atoms with E-state index in [-0.39, 0.29) is 6.04 Å². The maximum absolute atomic E-state index is 12.5. The van der Waals surface area contributed by atoms with Crippen LogP contribution in [0.5, 0.6) is 0 Å². The van der Waals surface area contributed by atoms with Crippen molar-refractivity contribution >= 4 is 23.5 Å². The minimum atomic E-state index is -0.481. The third-order valence-electron chi connectivity index (χ3n) is 5.37. The molecular weight excluding hydrogens is 402 g/mol. The van der Waals surface area contributed by atoms with Crippen LogP contribution in [0, 0.1) is 0 Å². The molecule has 0 saturated carbocycles. The van der Waals surface area contributed by atoms with Crippen LogP contribution in [0.15, 0.2) is 59.1 Å². The van der Waals surface area contributed by atoms with E-state index in [1.807, 2.05) is 6.07 Å². The van der Waals surface area contributed by atoms with Gasteiger partial charge in [-0.05, 0) is 30.5 Å². The van der Waals surface area contributed by atoms with Gasteiger partial charge in [0.15, 0.2) is 5.56 Å². The fraction of sp³-hybridized carbons (Fsp3) is 0.304. The molecule has 1 N–H and O–H groups in total. The smallest absolute Gasteiger partial charge is 0.345 e. The number of hydrogen-bond donors (Lipinski definition) is 1. The van der Waals surface area contributed by atoms with Crippen molar-refractivity contribution in [3.8, 4) is 11.3 Å². The number of aromatic nitrogens is 1. The minimum absolute atomic E-state index is 0.200. The summed E-state index contributed by atoms with van der Waals surface area (Å²) in [4.78, 5) is 14.9. The van der Waals surface area contributed by atoms with Gasteiger partial charge in [-0.25, -0.2) is 4.79 Å². The van der Waals surface area contributed by atoms with Crippen molar-refractivity contribution in [3.63, 3.8) is 0 Å². The molecule has 1 aliphatic rings. The first-order chi connectivity index (χ1) is 14.6. The number of ether oxygens (including phenoxy) is 1. The molecule has 4 rings (SSSR count). The van der Waals surface area contributed by atoms with Crippen molar-refractivity contribution in [2.75, 3.05) is 25.5 Å². The molecule has 2 heterocycles. The van der Waals surface area contributed by atoms with E-state index in [0.29, 0.717) is 22.2 Å². The molecule has 1 fully saturated rings. The summed E-state index contributed by atoms with van der Waals surface area (Å²) < 4.78 is 10.5. The van der Waals surface area contributed by atoms with Crippen LogP contribution in [0.25, 0.3) is 11.3 Å². The van der Waals surface area contributed by atoms with Gasteiger partial charge in [-0.1, -0.05) is 59.2 Å². The highest BCUT2D eigenvalue weighted by Gasteiger charge is 2.28. The highest BCUT2D eigenvalue weighted by molar-refractivity contribution is 6.30. The molecule has 0 atom stereocenters. The Morgan fingerprint density at radius 2 is 1.87 bits per heavy atom. The van der Waals surface area contributed by atoms with Crippen molar-refractivity contribution in [1.29, 1.82) is 0 Å². The average Bonchev–Trinajstić information content (AvgIpc) is 3.19. The quantitative estimate of drug-likeness (QED) is 0.569. The fourth-order valence-electron chi connectivity index (χ4n) is 3.75. The molecule has 156 valence electrons. The van der Waals surface area contributed by atoms with Gasteiger partial charge in [0, 0.05) is 36.3 Å². The van der Waals surface area contributed by atoms with E-state index in [0.717, 1.165) is 38.0 Å². The summed E-state index contributed by atoms with van der Waals surface area (Å²) in [5.41, 5.74) is 2.82. The number of nitrogens with zero attached hydrogens (tertiary/aromatic N) is 2. The highest BCUT2D eigenvalue weighted by Crippen LogP contribution is 2.31. The van der Waals surface area contributed by atoms with Crippen molar-refractivity contribution in [1.82, 2.24) is 10.1 Å². The third-order valence-corrected chi connectivity index (χ3v) is 5.62. The van der Waals surface area contributed by atoms with Crippen LogP contribution in [0.3, 0.4) is 0 Å². The summed E-state index contributed by atoms with van der Waals surface area (Å²) in [5.74, 6) is -0.126. The molecule has 6 nitrogen and oxygen atoms in total. The summed E-state index contributed by atoms with van der Waals surface area (Å²) in [6.07, 6.45) is 1.90. The maximum atomic E-state index is 12.5. The summed E-state index contributed by atoms with van der Waals surface area (Å²) in [7, 11) is 1.35. The lowest BCUT2D eigenvalue weighted by atomic mass is 10.0. The van der Waals surface area contributed by atoms with Crippen LogP contribution in [0.1, 0.15) is 28.8 Å². The standard InChI is InChI=1S/C23H24ClN3O3/c1-29-23(28)20-21(17-7-9-18(24)10-8-17)26-30-22(20)25-19-11-13-27(14-12-19)15-16-5-3-2-4-6-16/h2-10,19,25H,11-15H2,1H3. The molecule has 7 heteroatoms. The van der Waals surface area contributed by atoms with Gasteiger partial charge in [-0.2, -0.15) is 0 Å². The topological polar surface area (TPSA) is 67.6 Å². The van der Waals surface area contributed by atoms with Crippen molar-refractivity contribution < 1.29 is 14.1 Å². The van der Waals surface area contributed by atoms with Crippen LogP contribution in [-0.4, -0.2) is 42.3 Å². The van der Waals surface area contributed by atoms with Gasteiger partial charge in [0.1, 0.15) is 5.69 Å². The number of rotatable bonds is 6. The van der Waals surface area contributed by atoms with Crippen LogP contribution in [0.4, 0.5) is 5.88 Å². The maximum Gasteiger partial charge on any atom is 0.345 e. The normalized spacial score (nSPS) is 15.1. The number of carbonyl (C=O) groups excluding carboxylic acids is 1. The lowest BCUT2D eigenvalue weighted by Crippen LogP contribution is -2.38. The number of piperidine rings is 1. The Morgan fingerprint density at radius 1 is 1.17 bits per heavy atom. The summed E-state index contributed by atoms with van der Waals surface area (Å²) in [6.45, 7) is 2.89. The second kappa shape index (κ2) is 9.32. The van der Waals surface area contributed by atoms with Crippen LogP contribution < -0.4 is 5.32 Å². The number of anilines is 1. The minimum Gasteiger partial charge on any atom is -0.465 e. The van der Waals surface area contributed by atoms with Gasteiger partial charge in [0.2, 0.25) is 5.88 Å². The average molecular weight is 426 g/mol. The number of likely N-dealkylation sites (tertiary alicyclic amines) is 1. The Morgan fingerprint density at radius 3 is 2.53 bits per heavy atom. The van der Waals surface area contributed by atoms with E-state index in [1.54, 1.807) is 24.3 Å². The second-order valence-corrected chi connectivity index (χ2v) is 7.85.